The predicted octanol–water partition coefficient (Wildman–Crippen LogP) is 5.92. The molecule has 41 heavy (non-hydrogen) atoms. The first-order chi connectivity index (χ1) is 19.4. The average Bonchev–Trinajstić information content (AvgIpc) is 2.97. The van der Waals surface area contributed by atoms with Gasteiger partial charge in [-0.2, -0.15) is 5.26 Å². The van der Waals surface area contributed by atoms with Gasteiger partial charge in [0.2, 0.25) is 5.91 Å². The molecule has 2 aromatic carbocycles. The molecule has 1 aliphatic rings. The van der Waals surface area contributed by atoms with Gasteiger partial charge in [0, 0.05) is 37.2 Å². The molecule has 1 amide bonds. The number of hydroxylamine groups is 1. The highest BCUT2D eigenvalue weighted by Gasteiger charge is 2.23. The van der Waals surface area contributed by atoms with Crippen molar-refractivity contribution in [2.45, 2.75) is 57.9 Å². The number of hydrogen-bond donors (Lipinski definition) is 3. The number of pyridine rings is 1. The molecule has 1 fully saturated rings. The van der Waals surface area contributed by atoms with Crippen molar-refractivity contribution in [2.75, 3.05) is 24.6 Å². The highest BCUT2D eigenvalue weighted by Crippen LogP contribution is 2.41. The smallest absolute Gasteiger partial charge is 0.243 e. The van der Waals surface area contributed by atoms with Gasteiger partial charge < -0.3 is 15.4 Å². The summed E-state index contributed by atoms with van der Waals surface area (Å²) in [5.41, 5.74) is 11.7. The second-order valence-corrected chi connectivity index (χ2v) is 10.2. The van der Waals surface area contributed by atoms with Crippen LogP contribution in [0.2, 0.25) is 0 Å². The van der Waals surface area contributed by atoms with E-state index in [0.717, 1.165) is 67.7 Å². The Morgan fingerprint density at radius 2 is 1.80 bits per heavy atom. The van der Waals surface area contributed by atoms with Gasteiger partial charge in [0.25, 0.3) is 0 Å². The first-order valence-electron chi connectivity index (χ1n) is 13.8. The molecule has 0 aliphatic carbocycles. The van der Waals surface area contributed by atoms with E-state index in [4.69, 9.17) is 20.7 Å². The minimum absolute atomic E-state index is 0. The number of aromatic nitrogens is 1. The topological polar surface area (TPSA) is 124 Å². The lowest BCUT2D eigenvalue weighted by Crippen LogP contribution is -2.40. The number of ether oxygens (including phenoxy) is 1. The third kappa shape index (κ3) is 8.40. The van der Waals surface area contributed by atoms with Crippen molar-refractivity contribution in [1.29, 1.82) is 5.26 Å². The maximum atomic E-state index is 14.8. The minimum Gasteiger partial charge on any atom is -0.493 e. The number of anilines is 1. The molecule has 1 aliphatic heterocycles. The van der Waals surface area contributed by atoms with Gasteiger partial charge in [0.1, 0.15) is 23.5 Å². The van der Waals surface area contributed by atoms with Crippen LogP contribution in [-0.4, -0.2) is 41.8 Å². The monoisotopic (exact) mass is 581 g/mol. The van der Waals surface area contributed by atoms with Gasteiger partial charge in [-0.05, 0) is 50.3 Å². The summed E-state index contributed by atoms with van der Waals surface area (Å²) in [6.07, 6.45) is 5.17. The van der Waals surface area contributed by atoms with Crippen LogP contribution in [-0.2, 0) is 4.79 Å². The van der Waals surface area contributed by atoms with Crippen molar-refractivity contribution in [3.05, 3.63) is 65.5 Å². The molecule has 10 heteroatoms. The Kier molecular flexibility index (Phi) is 11.9. The number of nitrogens with two attached hydrogens (primary N) is 1. The van der Waals surface area contributed by atoms with Crippen LogP contribution in [0, 0.1) is 24.1 Å². The second-order valence-electron chi connectivity index (χ2n) is 10.2. The van der Waals surface area contributed by atoms with Gasteiger partial charge in [-0.3, -0.25) is 10.0 Å². The van der Waals surface area contributed by atoms with E-state index in [-0.39, 0.29) is 36.3 Å². The number of piperidine rings is 1. The van der Waals surface area contributed by atoms with Crippen LogP contribution in [0.3, 0.4) is 0 Å². The summed E-state index contributed by atoms with van der Waals surface area (Å²) in [5.74, 6) is 0.424. The molecule has 1 aromatic heterocycles. The van der Waals surface area contributed by atoms with E-state index in [0.29, 0.717) is 30.0 Å². The second kappa shape index (κ2) is 15.3. The van der Waals surface area contributed by atoms with Crippen LogP contribution in [0.25, 0.3) is 22.4 Å². The number of nitrogens with one attached hydrogen (secondary N) is 1. The number of rotatable bonds is 11. The summed E-state index contributed by atoms with van der Waals surface area (Å²) in [4.78, 5) is 18.4. The van der Waals surface area contributed by atoms with Crippen molar-refractivity contribution in [2.24, 2.45) is 5.73 Å². The Bertz CT molecular complexity index is 1360. The third-order valence-electron chi connectivity index (χ3n) is 7.22. The van der Waals surface area contributed by atoms with Gasteiger partial charge in [-0.1, -0.05) is 48.7 Å². The Morgan fingerprint density at radius 1 is 1.12 bits per heavy atom. The molecular formula is C31H37ClFN5O3. The predicted molar refractivity (Wildman–Crippen MR) is 160 cm³/mol. The number of benzene rings is 2. The van der Waals surface area contributed by atoms with Crippen LogP contribution >= 0.6 is 12.4 Å². The molecule has 0 radical (unpaired) electrons. The number of carbonyl (C=O) groups excluding carboxylic acids is 1. The van der Waals surface area contributed by atoms with Crippen LogP contribution in [0.4, 0.5) is 10.2 Å². The van der Waals surface area contributed by atoms with E-state index in [1.54, 1.807) is 11.5 Å². The first kappa shape index (κ1) is 31.8. The molecule has 0 spiro atoms. The van der Waals surface area contributed by atoms with Crippen LogP contribution in [0.5, 0.6) is 5.75 Å². The highest BCUT2D eigenvalue weighted by molar-refractivity contribution is 5.87. The normalized spacial score (nSPS) is 13.3. The van der Waals surface area contributed by atoms with Gasteiger partial charge in [-0.15, -0.1) is 12.4 Å². The fourth-order valence-corrected chi connectivity index (χ4v) is 4.85. The van der Waals surface area contributed by atoms with E-state index in [1.807, 2.05) is 43.3 Å². The van der Waals surface area contributed by atoms with Crippen LogP contribution in [0.1, 0.15) is 56.1 Å². The maximum absolute atomic E-state index is 14.8. The van der Waals surface area contributed by atoms with Crippen molar-refractivity contribution in [3.8, 4) is 34.2 Å². The molecule has 0 bridgehead atoms. The lowest BCUT2D eigenvalue weighted by molar-refractivity contribution is -0.129. The molecule has 218 valence electrons. The summed E-state index contributed by atoms with van der Waals surface area (Å²) in [6, 6.07) is 16.6. The van der Waals surface area contributed by atoms with E-state index in [9.17, 15) is 14.4 Å². The third-order valence-corrected chi connectivity index (χ3v) is 7.22. The number of aryl methyl sites for hydroxylation is 1. The fourth-order valence-electron chi connectivity index (χ4n) is 4.85. The molecule has 0 unspecified atom stereocenters. The first-order valence-corrected chi connectivity index (χ1v) is 13.8. The van der Waals surface area contributed by atoms with Crippen LogP contribution in [0.15, 0.2) is 48.5 Å². The van der Waals surface area contributed by atoms with Gasteiger partial charge in [0.15, 0.2) is 0 Å². The van der Waals surface area contributed by atoms with Gasteiger partial charge >= 0.3 is 0 Å². The van der Waals surface area contributed by atoms with Crippen molar-refractivity contribution in [1.82, 2.24) is 10.5 Å². The molecule has 4 N–H and O–H groups in total. The zero-order valence-electron chi connectivity index (χ0n) is 23.2. The number of nitriles is 1. The lowest BCUT2D eigenvalue weighted by Gasteiger charge is -2.32. The van der Waals surface area contributed by atoms with Crippen molar-refractivity contribution < 1.29 is 19.1 Å². The quantitative estimate of drug-likeness (QED) is 0.146. The Hall–Kier alpha value is -3.71. The number of unbranched alkanes of at least 4 members (excludes halogenated alkanes) is 3. The van der Waals surface area contributed by atoms with Crippen molar-refractivity contribution >= 4 is 24.1 Å². The molecule has 1 saturated heterocycles. The summed E-state index contributed by atoms with van der Waals surface area (Å²) in [6.45, 7) is 4.01. The van der Waals surface area contributed by atoms with Gasteiger partial charge in [0.05, 0.1) is 23.4 Å². The summed E-state index contributed by atoms with van der Waals surface area (Å²) >= 11 is 0. The van der Waals surface area contributed by atoms with Gasteiger partial charge in [-0.25, -0.2) is 14.9 Å². The van der Waals surface area contributed by atoms with E-state index < -0.39 is 5.82 Å². The van der Waals surface area contributed by atoms with Crippen LogP contribution < -0.4 is 20.9 Å². The Morgan fingerprint density at radius 3 is 2.46 bits per heavy atom. The molecule has 0 atom stereocenters. The molecule has 3 aromatic rings. The van der Waals surface area contributed by atoms with E-state index in [1.165, 1.54) is 12.1 Å². The SMILES string of the molecule is Cc1ccc(-c2c(OCCCCCCC(=O)NO)cc(N3CCC(N)CC3)nc2-c2ccc(C#N)c(F)c2)cc1.Cl. The molecular weight excluding hydrogens is 545 g/mol. The number of carbonyl (C=O) groups is 1. The number of hydrogen-bond acceptors (Lipinski definition) is 7. The summed E-state index contributed by atoms with van der Waals surface area (Å²) in [5, 5.41) is 17.9. The molecule has 2 heterocycles. The average molecular weight is 582 g/mol. The standard InChI is InChI=1S/C31H36FN5O3.ClH/c1-21-7-9-22(10-8-21)30-27(40-17-5-3-2-4-6-29(38)36-39)19-28(37-15-13-25(34)14-16-37)35-31(30)23-11-12-24(20-33)26(32)18-23;/h7-12,18-19,25,39H,2-6,13-17,34H2,1H3,(H,36,38);1H. The zero-order valence-corrected chi connectivity index (χ0v) is 24.1. The molecule has 8 nitrogen and oxygen atoms in total. The van der Waals surface area contributed by atoms with E-state index in [2.05, 4.69) is 4.90 Å². The van der Waals surface area contributed by atoms with E-state index >= 15 is 0 Å². The number of amides is 1. The summed E-state index contributed by atoms with van der Waals surface area (Å²) in [7, 11) is 0. The minimum atomic E-state index is -0.594. The fraction of sp³-hybridized carbons (Fsp3) is 0.387. The largest absolute Gasteiger partial charge is 0.493 e. The molecule has 4 rings (SSSR count). The number of halogens is 2. The Balaban J connectivity index is 0.00000462. The summed E-state index contributed by atoms with van der Waals surface area (Å²) < 4.78 is 21.2. The Labute approximate surface area is 246 Å². The zero-order chi connectivity index (χ0) is 28.5. The molecule has 0 saturated carbocycles. The van der Waals surface area contributed by atoms with Crippen molar-refractivity contribution in [3.63, 3.8) is 0 Å². The maximum Gasteiger partial charge on any atom is 0.243 e. The highest BCUT2D eigenvalue weighted by atomic mass is 35.5. The number of nitrogens with zero attached hydrogens (tertiary/aromatic N) is 3. The lowest BCUT2D eigenvalue weighted by atomic mass is 9.96.